The van der Waals surface area contributed by atoms with Crippen molar-refractivity contribution in [3.8, 4) is 0 Å². The predicted molar refractivity (Wildman–Crippen MR) is 122 cm³/mol. The number of nitrogens with one attached hydrogen (secondary N) is 1. The number of hydrogen-bond acceptors (Lipinski definition) is 1. The van der Waals surface area contributed by atoms with E-state index in [0.717, 1.165) is 37.1 Å². The standard InChI is InChI=1S/C27H26N2O/c30-27(26(21-9-3-1-4-10-21)22-11-5-2-6-12-22)29-17-15-20(16-18-29)24-19-28-25-14-8-7-13-23(24)25/h1-14,19-20,26,28H,15-18H2. The molecule has 4 aromatic rings. The summed E-state index contributed by atoms with van der Waals surface area (Å²) in [5.74, 6) is 0.471. The highest BCUT2D eigenvalue weighted by molar-refractivity contribution is 5.87. The van der Waals surface area contributed by atoms with E-state index in [1.165, 1.54) is 16.5 Å². The van der Waals surface area contributed by atoms with Gasteiger partial charge in [0.15, 0.2) is 0 Å². The van der Waals surface area contributed by atoms with Gasteiger partial charge in [-0.1, -0.05) is 78.9 Å². The summed E-state index contributed by atoms with van der Waals surface area (Å²) in [6, 6.07) is 28.8. The number of para-hydroxylation sites is 1. The molecule has 1 saturated heterocycles. The predicted octanol–water partition coefficient (Wildman–Crippen LogP) is 5.71. The minimum atomic E-state index is -0.239. The molecule has 1 amide bonds. The number of carbonyl (C=O) groups excluding carboxylic acids is 1. The minimum Gasteiger partial charge on any atom is -0.361 e. The summed E-state index contributed by atoms with van der Waals surface area (Å²) in [5.41, 5.74) is 4.71. The Hall–Kier alpha value is -3.33. The summed E-state index contributed by atoms with van der Waals surface area (Å²) in [7, 11) is 0. The second-order valence-corrected chi connectivity index (χ2v) is 8.14. The highest BCUT2D eigenvalue weighted by atomic mass is 16.2. The van der Waals surface area contributed by atoms with E-state index >= 15 is 0 Å². The van der Waals surface area contributed by atoms with Gasteiger partial charge in [-0.3, -0.25) is 4.79 Å². The van der Waals surface area contributed by atoms with Crippen LogP contribution in [0.1, 0.15) is 41.4 Å². The number of nitrogens with zero attached hydrogens (tertiary/aromatic N) is 1. The summed E-state index contributed by atoms with van der Waals surface area (Å²) >= 11 is 0. The van der Waals surface area contributed by atoms with E-state index in [1.807, 2.05) is 36.4 Å². The van der Waals surface area contributed by atoms with E-state index in [2.05, 4.69) is 64.6 Å². The molecule has 0 radical (unpaired) electrons. The normalized spacial score (nSPS) is 15.0. The zero-order chi connectivity index (χ0) is 20.3. The van der Waals surface area contributed by atoms with Crippen molar-refractivity contribution in [1.29, 1.82) is 0 Å². The minimum absolute atomic E-state index is 0.213. The van der Waals surface area contributed by atoms with Crippen molar-refractivity contribution >= 4 is 16.8 Å². The molecule has 1 aromatic heterocycles. The number of aromatic nitrogens is 1. The van der Waals surface area contributed by atoms with Gasteiger partial charge in [0.2, 0.25) is 5.91 Å². The molecule has 1 aliphatic heterocycles. The third kappa shape index (κ3) is 3.52. The SMILES string of the molecule is O=C(C(c1ccccc1)c1ccccc1)N1CCC(c2c[nH]c3ccccc23)CC1. The van der Waals surface area contributed by atoms with Crippen LogP contribution in [0.3, 0.4) is 0 Å². The lowest BCUT2D eigenvalue weighted by Gasteiger charge is -2.34. The van der Waals surface area contributed by atoms with Gasteiger partial charge in [0, 0.05) is 30.2 Å². The smallest absolute Gasteiger partial charge is 0.234 e. The van der Waals surface area contributed by atoms with E-state index in [1.54, 1.807) is 0 Å². The highest BCUT2D eigenvalue weighted by Crippen LogP contribution is 2.35. The Morgan fingerprint density at radius 2 is 1.37 bits per heavy atom. The Balaban J connectivity index is 1.36. The molecule has 1 fully saturated rings. The quantitative estimate of drug-likeness (QED) is 0.473. The Morgan fingerprint density at radius 1 is 0.800 bits per heavy atom. The molecule has 0 bridgehead atoms. The zero-order valence-corrected chi connectivity index (χ0v) is 17.0. The van der Waals surface area contributed by atoms with Crippen LogP contribution in [0.25, 0.3) is 10.9 Å². The van der Waals surface area contributed by atoms with Crippen LogP contribution < -0.4 is 0 Å². The molecule has 0 saturated carbocycles. The third-order valence-electron chi connectivity index (χ3n) is 6.38. The van der Waals surface area contributed by atoms with Gasteiger partial charge in [0.05, 0.1) is 5.92 Å². The van der Waals surface area contributed by atoms with Crippen molar-refractivity contribution in [2.75, 3.05) is 13.1 Å². The van der Waals surface area contributed by atoms with Crippen molar-refractivity contribution in [2.45, 2.75) is 24.7 Å². The van der Waals surface area contributed by atoms with E-state index < -0.39 is 0 Å². The van der Waals surface area contributed by atoms with Gasteiger partial charge in [-0.25, -0.2) is 0 Å². The summed E-state index contributed by atoms with van der Waals surface area (Å²) in [4.78, 5) is 19.1. The van der Waals surface area contributed by atoms with Gasteiger partial charge in [0.1, 0.15) is 0 Å². The molecule has 3 aromatic carbocycles. The van der Waals surface area contributed by atoms with Gasteiger partial charge < -0.3 is 9.88 Å². The molecular formula is C27H26N2O. The molecule has 5 rings (SSSR count). The van der Waals surface area contributed by atoms with E-state index in [4.69, 9.17) is 0 Å². The molecule has 30 heavy (non-hydrogen) atoms. The van der Waals surface area contributed by atoms with Crippen molar-refractivity contribution in [1.82, 2.24) is 9.88 Å². The molecule has 0 unspecified atom stereocenters. The first-order chi connectivity index (χ1) is 14.8. The molecule has 0 aliphatic carbocycles. The Labute approximate surface area is 177 Å². The lowest BCUT2D eigenvalue weighted by Crippen LogP contribution is -2.41. The molecule has 150 valence electrons. The molecule has 2 heterocycles. The molecule has 3 nitrogen and oxygen atoms in total. The fourth-order valence-electron chi connectivity index (χ4n) is 4.79. The van der Waals surface area contributed by atoms with Crippen LogP contribution in [0, 0.1) is 0 Å². The van der Waals surface area contributed by atoms with E-state index in [-0.39, 0.29) is 11.8 Å². The van der Waals surface area contributed by atoms with Crippen LogP contribution in [0.5, 0.6) is 0 Å². The van der Waals surface area contributed by atoms with Gasteiger partial charge in [-0.15, -0.1) is 0 Å². The first-order valence-electron chi connectivity index (χ1n) is 10.8. The second-order valence-electron chi connectivity index (χ2n) is 8.14. The lowest BCUT2D eigenvalue weighted by molar-refractivity contribution is -0.132. The molecule has 1 aliphatic rings. The maximum absolute atomic E-state index is 13.6. The number of rotatable bonds is 4. The van der Waals surface area contributed by atoms with Crippen molar-refractivity contribution < 1.29 is 4.79 Å². The van der Waals surface area contributed by atoms with Gasteiger partial charge in [0.25, 0.3) is 0 Å². The zero-order valence-electron chi connectivity index (χ0n) is 17.0. The summed E-state index contributed by atoms with van der Waals surface area (Å²) < 4.78 is 0. The van der Waals surface area contributed by atoms with E-state index in [0.29, 0.717) is 5.92 Å². The molecule has 3 heteroatoms. The average molecular weight is 395 g/mol. The monoisotopic (exact) mass is 394 g/mol. The first kappa shape index (κ1) is 18.7. The largest absolute Gasteiger partial charge is 0.361 e. The number of fused-ring (bicyclic) bond motifs is 1. The fraction of sp³-hybridized carbons (Fsp3) is 0.222. The highest BCUT2D eigenvalue weighted by Gasteiger charge is 2.31. The summed E-state index contributed by atoms with van der Waals surface area (Å²) in [5, 5.41) is 1.31. The maximum Gasteiger partial charge on any atom is 0.234 e. The summed E-state index contributed by atoms with van der Waals surface area (Å²) in [6.45, 7) is 1.61. The van der Waals surface area contributed by atoms with Crippen LogP contribution in [0.4, 0.5) is 0 Å². The van der Waals surface area contributed by atoms with E-state index in [9.17, 15) is 4.79 Å². The molecular weight excluding hydrogens is 368 g/mol. The lowest BCUT2D eigenvalue weighted by atomic mass is 9.86. The number of piperidine rings is 1. The number of benzene rings is 3. The molecule has 1 N–H and O–H groups in total. The fourth-order valence-corrected chi connectivity index (χ4v) is 4.79. The van der Waals surface area contributed by atoms with Crippen LogP contribution in [-0.4, -0.2) is 28.9 Å². The second kappa shape index (κ2) is 8.19. The Morgan fingerprint density at radius 3 is 2.00 bits per heavy atom. The van der Waals surface area contributed by atoms with Gasteiger partial charge in [-0.2, -0.15) is 0 Å². The number of aromatic amines is 1. The maximum atomic E-state index is 13.6. The number of carbonyl (C=O) groups is 1. The van der Waals surface area contributed by atoms with Crippen LogP contribution >= 0.6 is 0 Å². The summed E-state index contributed by atoms with van der Waals surface area (Å²) in [6.07, 6.45) is 4.16. The third-order valence-corrected chi connectivity index (χ3v) is 6.38. The van der Waals surface area contributed by atoms with Crippen LogP contribution in [0.15, 0.2) is 91.1 Å². The topological polar surface area (TPSA) is 36.1 Å². The van der Waals surface area contributed by atoms with Crippen molar-refractivity contribution in [3.05, 3.63) is 108 Å². The van der Waals surface area contributed by atoms with Gasteiger partial charge in [-0.05, 0) is 41.5 Å². The Bertz CT molecular complexity index is 1090. The molecule has 0 spiro atoms. The van der Waals surface area contributed by atoms with Crippen LogP contribution in [0.2, 0.25) is 0 Å². The Kier molecular flexibility index (Phi) is 5.10. The van der Waals surface area contributed by atoms with Crippen molar-refractivity contribution in [3.63, 3.8) is 0 Å². The first-order valence-corrected chi connectivity index (χ1v) is 10.8. The number of H-pyrrole nitrogens is 1. The van der Waals surface area contributed by atoms with Crippen LogP contribution in [-0.2, 0) is 4.79 Å². The average Bonchev–Trinajstić information content (AvgIpc) is 3.25. The number of likely N-dealkylation sites (tertiary alicyclic amines) is 1. The molecule has 0 atom stereocenters. The van der Waals surface area contributed by atoms with Gasteiger partial charge >= 0.3 is 0 Å². The number of amides is 1. The van der Waals surface area contributed by atoms with Crippen molar-refractivity contribution in [2.24, 2.45) is 0 Å². The number of hydrogen-bond donors (Lipinski definition) is 1.